The number of nitrogens with one attached hydrogen (secondary N) is 1. The Hall–Kier alpha value is -1.10. The zero-order valence-electron chi connectivity index (χ0n) is 10.2. The summed E-state index contributed by atoms with van der Waals surface area (Å²) in [6.45, 7) is 6.65. The van der Waals surface area contributed by atoms with Crippen LogP contribution in [0.1, 0.15) is 33.6 Å². The minimum atomic E-state index is -0.525. The van der Waals surface area contributed by atoms with Gasteiger partial charge >= 0.3 is 0 Å². The molecule has 0 saturated carbocycles. The summed E-state index contributed by atoms with van der Waals surface area (Å²) >= 11 is 0. The Morgan fingerprint density at radius 1 is 1.62 bits per heavy atom. The van der Waals surface area contributed by atoms with E-state index in [0.717, 1.165) is 0 Å². The van der Waals surface area contributed by atoms with Gasteiger partial charge in [-0.25, -0.2) is 0 Å². The maximum atomic E-state index is 12.0. The predicted molar refractivity (Wildman–Crippen MR) is 61.7 cm³/mol. The molecule has 3 N–H and O–H groups in total. The molecular formula is C11H21N3O2. The highest BCUT2D eigenvalue weighted by Crippen LogP contribution is 2.13. The van der Waals surface area contributed by atoms with Crippen LogP contribution in [0.15, 0.2) is 0 Å². The number of nitrogens with two attached hydrogens (primary N) is 1. The van der Waals surface area contributed by atoms with Gasteiger partial charge in [0.25, 0.3) is 0 Å². The highest BCUT2D eigenvalue weighted by atomic mass is 16.2. The van der Waals surface area contributed by atoms with E-state index in [1.54, 1.807) is 4.90 Å². The molecule has 0 bridgehead atoms. The van der Waals surface area contributed by atoms with Crippen LogP contribution in [0.4, 0.5) is 0 Å². The van der Waals surface area contributed by atoms with Crippen molar-refractivity contribution in [2.24, 2.45) is 5.73 Å². The molecular weight excluding hydrogens is 206 g/mol. The maximum Gasteiger partial charge on any atom is 0.242 e. The number of nitrogens with zero attached hydrogens (tertiary/aromatic N) is 1. The van der Waals surface area contributed by atoms with Crippen molar-refractivity contribution < 1.29 is 9.59 Å². The summed E-state index contributed by atoms with van der Waals surface area (Å²) in [4.78, 5) is 25.2. The van der Waals surface area contributed by atoms with Crippen molar-refractivity contribution in [3.05, 3.63) is 0 Å². The lowest BCUT2D eigenvalue weighted by Gasteiger charge is -2.36. The van der Waals surface area contributed by atoms with E-state index in [4.69, 9.17) is 5.73 Å². The Labute approximate surface area is 96.4 Å². The molecule has 2 amide bonds. The van der Waals surface area contributed by atoms with Crippen molar-refractivity contribution in [3.63, 3.8) is 0 Å². The number of piperazine rings is 1. The van der Waals surface area contributed by atoms with Crippen molar-refractivity contribution in [1.82, 2.24) is 10.2 Å². The van der Waals surface area contributed by atoms with Crippen LogP contribution in [0.3, 0.4) is 0 Å². The van der Waals surface area contributed by atoms with Gasteiger partial charge in [-0.15, -0.1) is 0 Å². The van der Waals surface area contributed by atoms with Gasteiger partial charge in [-0.3, -0.25) is 9.59 Å². The number of hydrogen-bond acceptors (Lipinski definition) is 3. The van der Waals surface area contributed by atoms with E-state index in [9.17, 15) is 9.59 Å². The average Bonchev–Trinajstić information content (AvgIpc) is 2.14. The first-order chi connectivity index (χ1) is 7.35. The summed E-state index contributed by atoms with van der Waals surface area (Å²) in [7, 11) is 0. The monoisotopic (exact) mass is 227 g/mol. The normalized spacial score (nSPS) is 21.9. The van der Waals surface area contributed by atoms with E-state index in [0.29, 0.717) is 19.5 Å². The summed E-state index contributed by atoms with van der Waals surface area (Å²) in [5.41, 5.74) is 5.29. The fourth-order valence-corrected chi connectivity index (χ4v) is 1.91. The van der Waals surface area contributed by atoms with Crippen molar-refractivity contribution in [3.8, 4) is 0 Å². The van der Waals surface area contributed by atoms with Crippen LogP contribution in [0.2, 0.25) is 0 Å². The molecule has 1 saturated heterocycles. The second kappa shape index (κ2) is 4.82. The Morgan fingerprint density at radius 2 is 2.25 bits per heavy atom. The molecule has 0 aromatic rings. The molecule has 1 aliphatic heterocycles. The highest BCUT2D eigenvalue weighted by molar-refractivity contribution is 5.89. The standard InChI is InChI=1S/C11H21N3O2/c1-4-8-10(16)13-5-6-14(8)9(15)7-11(2,3)12/h8H,4-7,12H2,1-3H3,(H,13,16). The third-order valence-electron chi connectivity index (χ3n) is 2.64. The molecule has 0 spiro atoms. The molecule has 0 aromatic carbocycles. The second-order valence-corrected chi connectivity index (χ2v) is 4.97. The molecule has 1 heterocycles. The fourth-order valence-electron chi connectivity index (χ4n) is 1.91. The Kier molecular flexibility index (Phi) is 3.91. The number of carbonyl (C=O) groups is 2. The van der Waals surface area contributed by atoms with E-state index < -0.39 is 5.54 Å². The first-order valence-corrected chi connectivity index (χ1v) is 5.71. The zero-order valence-corrected chi connectivity index (χ0v) is 10.2. The topological polar surface area (TPSA) is 75.4 Å². The third kappa shape index (κ3) is 3.20. The molecule has 16 heavy (non-hydrogen) atoms. The molecule has 0 radical (unpaired) electrons. The van der Waals surface area contributed by atoms with Crippen LogP contribution >= 0.6 is 0 Å². The molecule has 92 valence electrons. The number of carbonyl (C=O) groups excluding carboxylic acids is 2. The van der Waals surface area contributed by atoms with Crippen molar-refractivity contribution >= 4 is 11.8 Å². The van der Waals surface area contributed by atoms with Gasteiger partial charge in [-0.05, 0) is 20.3 Å². The number of hydrogen-bond donors (Lipinski definition) is 2. The zero-order chi connectivity index (χ0) is 12.3. The van der Waals surface area contributed by atoms with Crippen molar-refractivity contribution in [1.29, 1.82) is 0 Å². The van der Waals surface area contributed by atoms with Gasteiger partial charge in [-0.2, -0.15) is 0 Å². The lowest BCUT2D eigenvalue weighted by atomic mass is 10.00. The van der Waals surface area contributed by atoms with Gasteiger partial charge in [-0.1, -0.05) is 6.92 Å². The molecule has 0 aliphatic carbocycles. The first-order valence-electron chi connectivity index (χ1n) is 5.71. The predicted octanol–water partition coefficient (Wildman–Crippen LogP) is -0.149. The Balaban J connectivity index is 2.70. The van der Waals surface area contributed by atoms with Gasteiger partial charge in [0.15, 0.2) is 0 Å². The SMILES string of the molecule is CCC1C(=O)NCCN1C(=O)CC(C)(C)N. The molecule has 1 atom stereocenters. The van der Waals surface area contributed by atoms with Crippen LogP contribution < -0.4 is 11.1 Å². The minimum Gasteiger partial charge on any atom is -0.353 e. The molecule has 1 rings (SSSR count). The van der Waals surface area contributed by atoms with Crippen molar-refractivity contribution in [2.75, 3.05) is 13.1 Å². The van der Waals surface area contributed by atoms with Crippen LogP contribution in [0.25, 0.3) is 0 Å². The van der Waals surface area contributed by atoms with E-state index in [-0.39, 0.29) is 24.3 Å². The van der Waals surface area contributed by atoms with Crippen LogP contribution in [0, 0.1) is 0 Å². The lowest BCUT2D eigenvalue weighted by molar-refractivity contribution is -0.144. The van der Waals surface area contributed by atoms with E-state index >= 15 is 0 Å². The number of amides is 2. The second-order valence-electron chi connectivity index (χ2n) is 4.97. The lowest BCUT2D eigenvalue weighted by Crippen LogP contribution is -2.58. The summed E-state index contributed by atoms with van der Waals surface area (Å²) in [6.07, 6.45) is 0.916. The Bertz CT molecular complexity index is 283. The molecule has 5 heteroatoms. The maximum absolute atomic E-state index is 12.0. The molecule has 1 aliphatic rings. The quantitative estimate of drug-likeness (QED) is 0.704. The molecule has 1 fully saturated rings. The third-order valence-corrected chi connectivity index (χ3v) is 2.64. The van der Waals surface area contributed by atoms with Crippen LogP contribution in [-0.2, 0) is 9.59 Å². The summed E-state index contributed by atoms with van der Waals surface area (Å²) < 4.78 is 0. The van der Waals surface area contributed by atoms with Gasteiger partial charge in [0.1, 0.15) is 6.04 Å². The van der Waals surface area contributed by atoms with E-state index in [1.165, 1.54) is 0 Å². The van der Waals surface area contributed by atoms with Crippen LogP contribution in [0.5, 0.6) is 0 Å². The minimum absolute atomic E-state index is 0.0331. The highest BCUT2D eigenvalue weighted by Gasteiger charge is 2.32. The van der Waals surface area contributed by atoms with E-state index in [2.05, 4.69) is 5.32 Å². The Morgan fingerprint density at radius 3 is 2.75 bits per heavy atom. The van der Waals surface area contributed by atoms with Crippen molar-refractivity contribution in [2.45, 2.75) is 45.2 Å². The van der Waals surface area contributed by atoms with E-state index in [1.807, 2.05) is 20.8 Å². The summed E-state index contributed by atoms with van der Waals surface area (Å²) in [6, 6.07) is -0.330. The number of rotatable bonds is 3. The average molecular weight is 227 g/mol. The van der Waals surface area contributed by atoms with Gasteiger partial charge in [0.2, 0.25) is 11.8 Å². The summed E-state index contributed by atoms with van der Waals surface area (Å²) in [5, 5.41) is 2.77. The first kappa shape index (κ1) is 13.0. The molecule has 0 aromatic heterocycles. The molecule has 1 unspecified atom stereocenters. The van der Waals surface area contributed by atoms with Gasteiger partial charge in [0.05, 0.1) is 0 Å². The summed E-state index contributed by atoms with van der Waals surface area (Å²) in [5.74, 6) is -0.0915. The van der Waals surface area contributed by atoms with Gasteiger partial charge < -0.3 is 16.0 Å². The molecule has 5 nitrogen and oxygen atoms in total. The largest absolute Gasteiger partial charge is 0.353 e. The van der Waals surface area contributed by atoms with Crippen LogP contribution in [-0.4, -0.2) is 41.4 Å². The smallest absolute Gasteiger partial charge is 0.242 e. The fraction of sp³-hybridized carbons (Fsp3) is 0.818. The van der Waals surface area contributed by atoms with Gasteiger partial charge in [0, 0.05) is 25.0 Å².